The van der Waals surface area contributed by atoms with E-state index in [2.05, 4.69) is 9.82 Å². The van der Waals surface area contributed by atoms with Crippen molar-refractivity contribution < 1.29 is 12.8 Å². The van der Waals surface area contributed by atoms with Gasteiger partial charge in [0.15, 0.2) is 0 Å². The van der Waals surface area contributed by atoms with E-state index in [1.54, 1.807) is 13.2 Å². The van der Waals surface area contributed by atoms with Gasteiger partial charge in [0.1, 0.15) is 5.82 Å². The number of nitrogens with one attached hydrogen (secondary N) is 1. The van der Waals surface area contributed by atoms with Crippen molar-refractivity contribution in [1.29, 1.82) is 0 Å². The van der Waals surface area contributed by atoms with Gasteiger partial charge >= 0.3 is 0 Å². The summed E-state index contributed by atoms with van der Waals surface area (Å²) < 4.78 is 42.2. The van der Waals surface area contributed by atoms with Gasteiger partial charge in [-0.2, -0.15) is 5.10 Å². The Kier molecular flexibility index (Phi) is 3.91. The number of hydrogen-bond donors (Lipinski definition) is 2. The van der Waals surface area contributed by atoms with Crippen molar-refractivity contribution in [2.24, 2.45) is 7.05 Å². The predicted octanol–water partition coefficient (Wildman–Crippen LogP) is 1.81. The second kappa shape index (κ2) is 5.36. The van der Waals surface area contributed by atoms with E-state index < -0.39 is 15.8 Å². The van der Waals surface area contributed by atoms with Gasteiger partial charge in [-0.15, -0.1) is 0 Å². The summed E-state index contributed by atoms with van der Waals surface area (Å²) in [7, 11) is -2.22. The number of benzene rings is 1. The lowest BCUT2D eigenvalue weighted by Gasteiger charge is -2.10. The SMILES string of the molecule is CCc1nn(C)cc1NS(=O)(=O)c1cc(N)c(C)c(F)c1. The van der Waals surface area contributed by atoms with E-state index in [0.29, 0.717) is 17.8 Å². The van der Waals surface area contributed by atoms with Gasteiger partial charge in [-0.1, -0.05) is 6.92 Å². The van der Waals surface area contributed by atoms with Crippen molar-refractivity contribution in [2.75, 3.05) is 10.5 Å². The molecule has 0 atom stereocenters. The molecule has 2 aromatic rings. The predicted molar refractivity (Wildman–Crippen MR) is 78.9 cm³/mol. The molecule has 8 heteroatoms. The van der Waals surface area contributed by atoms with Crippen LogP contribution in [0.5, 0.6) is 0 Å². The summed E-state index contributed by atoms with van der Waals surface area (Å²) >= 11 is 0. The van der Waals surface area contributed by atoms with Gasteiger partial charge < -0.3 is 5.73 Å². The first kappa shape index (κ1) is 15.3. The van der Waals surface area contributed by atoms with E-state index >= 15 is 0 Å². The van der Waals surface area contributed by atoms with Crippen molar-refractivity contribution in [1.82, 2.24) is 9.78 Å². The number of nitrogens with zero attached hydrogens (tertiary/aromatic N) is 2. The molecule has 0 saturated carbocycles. The molecule has 21 heavy (non-hydrogen) atoms. The van der Waals surface area contributed by atoms with Gasteiger partial charge in [0, 0.05) is 24.5 Å². The number of nitrogen functional groups attached to an aromatic ring is 1. The lowest BCUT2D eigenvalue weighted by molar-refractivity contribution is 0.593. The molecule has 0 aliphatic rings. The third kappa shape index (κ3) is 2.99. The summed E-state index contributed by atoms with van der Waals surface area (Å²) in [4.78, 5) is -0.214. The molecule has 0 radical (unpaired) electrons. The van der Waals surface area contributed by atoms with E-state index in [1.807, 2.05) is 6.92 Å². The largest absolute Gasteiger partial charge is 0.398 e. The van der Waals surface area contributed by atoms with Crippen LogP contribution in [0.15, 0.2) is 23.2 Å². The van der Waals surface area contributed by atoms with Crippen LogP contribution in [0.4, 0.5) is 15.8 Å². The van der Waals surface area contributed by atoms with Crippen LogP contribution in [0.1, 0.15) is 18.2 Å². The second-order valence-electron chi connectivity index (χ2n) is 4.74. The van der Waals surface area contributed by atoms with Crippen LogP contribution >= 0.6 is 0 Å². The summed E-state index contributed by atoms with van der Waals surface area (Å²) in [5.41, 5.74) is 6.93. The molecule has 0 spiro atoms. The third-order valence-corrected chi connectivity index (χ3v) is 4.50. The van der Waals surface area contributed by atoms with Gasteiger partial charge in [-0.3, -0.25) is 9.40 Å². The highest BCUT2D eigenvalue weighted by Gasteiger charge is 2.20. The van der Waals surface area contributed by atoms with Crippen molar-refractivity contribution in [3.05, 3.63) is 35.4 Å². The molecule has 0 saturated heterocycles. The molecule has 0 bridgehead atoms. The van der Waals surface area contributed by atoms with Gasteiger partial charge in [-0.05, 0) is 25.5 Å². The first-order valence-electron chi connectivity index (χ1n) is 6.35. The molecular weight excluding hydrogens is 295 g/mol. The maximum atomic E-state index is 13.7. The van der Waals surface area contributed by atoms with E-state index in [1.165, 1.54) is 17.7 Å². The minimum atomic E-state index is -3.92. The Bertz CT molecular complexity index is 760. The van der Waals surface area contributed by atoms with E-state index in [4.69, 9.17) is 5.73 Å². The van der Waals surface area contributed by atoms with Crippen LogP contribution in [0, 0.1) is 12.7 Å². The molecule has 1 aromatic heterocycles. The Morgan fingerprint density at radius 3 is 2.67 bits per heavy atom. The summed E-state index contributed by atoms with van der Waals surface area (Å²) in [5.74, 6) is -0.655. The molecule has 1 aromatic carbocycles. The number of hydrogen-bond acceptors (Lipinski definition) is 4. The highest BCUT2D eigenvalue weighted by atomic mass is 32.2. The topological polar surface area (TPSA) is 90.0 Å². The van der Waals surface area contributed by atoms with Gasteiger partial charge in [0.05, 0.1) is 16.3 Å². The number of nitrogens with two attached hydrogens (primary N) is 1. The maximum Gasteiger partial charge on any atom is 0.262 e. The van der Waals surface area contributed by atoms with Crippen LogP contribution in [-0.2, 0) is 23.5 Å². The number of aromatic nitrogens is 2. The zero-order chi connectivity index (χ0) is 15.8. The molecule has 0 amide bonds. The highest BCUT2D eigenvalue weighted by molar-refractivity contribution is 7.92. The quantitative estimate of drug-likeness (QED) is 0.843. The van der Waals surface area contributed by atoms with Gasteiger partial charge in [-0.25, -0.2) is 12.8 Å². The Hall–Kier alpha value is -2.09. The number of halogens is 1. The van der Waals surface area contributed by atoms with E-state index in [9.17, 15) is 12.8 Å². The molecule has 6 nitrogen and oxygen atoms in total. The fraction of sp³-hybridized carbons (Fsp3) is 0.308. The van der Waals surface area contributed by atoms with E-state index in [-0.39, 0.29) is 16.1 Å². The normalized spacial score (nSPS) is 11.6. The lowest BCUT2D eigenvalue weighted by Crippen LogP contribution is -2.14. The summed E-state index contributed by atoms with van der Waals surface area (Å²) in [6.45, 7) is 3.36. The zero-order valence-corrected chi connectivity index (χ0v) is 12.8. The average molecular weight is 312 g/mol. The number of rotatable bonds is 4. The van der Waals surface area contributed by atoms with Crippen LogP contribution < -0.4 is 10.5 Å². The molecule has 1 heterocycles. The minimum Gasteiger partial charge on any atom is -0.398 e. The average Bonchev–Trinajstić information content (AvgIpc) is 2.74. The molecule has 0 fully saturated rings. The minimum absolute atomic E-state index is 0.0947. The summed E-state index contributed by atoms with van der Waals surface area (Å²) in [6.07, 6.45) is 2.13. The van der Waals surface area contributed by atoms with Crippen LogP contribution in [0.25, 0.3) is 0 Å². The Labute approximate surface area is 122 Å². The molecule has 114 valence electrons. The van der Waals surface area contributed by atoms with Crippen molar-refractivity contribution in [3.63, 3.8) is 0 Å². The number of anilines is 2. The number of sulfonamides is 1. The standard InChI is InChI=1S/C13H17FN4O2S/c1-4-12-13(7-18(3)16-12)17-21(19,20)9-5-10(14)8(2)11(15)6-9/h5-7,17H,4,15H2,1-3H3. The molecule has 0 unspecified atom stereocenters. The van der Waals surface area contributed by atoms with Crippen LogP contribution in [0.2, 0.25) is 0 Å². The van der Waals surface area contributed by atoms with Gasteiger partial charge in [0.2, 0.25) is 0 Å². The fourth-order valence-electron chi connectivity index (χ4n) is 1.91. The highest BCUT2D eigenvalue weighted by Crippen LogP contribution is 2.24. The Morgan fingerprint density at radius 2 is 2.10 bits per heavy atom. The number of aryl methyl sites for hydroxylation is 2. The smallest absolute Gasteiger partial charge is 0.262 e. The zero-order valence-electron chi connectivity index (χ0n) is 12.0. The monoisotopic (exact) mass is 312 g/mol. The third-order valence-electron chi connectivity index (χ3n) is 3.15. The fourth-order valence-corrected chi connectivity index (χ4v) is 3.03. The maximum absolute atomic E-state index is 13.7. The Balaban J connectivity index is 2.43. The van der Waals surface area contributed by atoms with E-state index in [0.717, 1.165) is 6.07 Å². The summed E-state index contributed by atoms with van der Waals surface area (Å²) in [5, 5.41) is 4.15. The van der Waals surface area contributed by atoms with Gasteiger partial charge in [0.25, 0.3) is 10.0 Å². The summed E-state index contributed by atoms with van der Waals surface area (Å²) in [6, 6.07) is 2.19. The van der Waals surface area contributed by atoms with Crippen LogP contribution in [0.3, 0.4) is 0 Å². The second-order valence-corrected chi connectivity index (χ2v) is 6.42. The Morgan fingerprint density at radius 1 is 1.43 bits per heavy atom. The molecular formula is C13H17FN4O2S. The van der Waals surface area contributed by atoms with Crippen molar-refractivity contribution in [3.8, 4) is 0 Å². The lowest BCUT2D eigenvalue weighted by atomic mass is 10.2. The first-order chi connectivity index (χ1) is 9.74. The molecule has 2 rings (SSSR count). The first-order valence-corrected chi connectivity index (χ1v) is 7.84. The van der Waals surface area contributed by atoms with Crippen LogP contribution in [-0.4, -0.2) is 18.2 Å². The van der Waals surface area contributed by atoms with Crippen molar-refractivity contribution >= 4 is 21.4 Å². The molecule has 0 aliphatic carbocycles. The van der Waals surface area contributed by atoms with Crippen molar-refractivity contribution in [2.45, 2.75) is 25.2 Å². The molecule has 3 N–H and O–H groups in total. The molecule has 0 aliphatic heterocycles.